The van der Waals surface area contributed by atoms with Gasteiger partial charge in [-0.05, 0) is 35.2 Å². The molecule has 168 valence electrons. The Labute approximate surface area is 185 Å². The standard InChI is InChI=1S/C25H34N2O4/c1-25(2,3)21-6-4-5-7-22(21)29-17-20(28)16-27-12-10-26(11-13-27)15-19-8-9-23-24(14-19)31-18-30-23/h4-9,14,20,28H,10-13,15-18H2,1-3H3/p+2/t20-/m1/s1. The van der Waals surface area contributed by atoms with Crippen LogP contribution in [-0.4, -0.2) is 57.3 Å². The van der Waals surface area contributed by atoms with Crippen LogP contribution in [0.1, 0.15) is 31.9 Å². The summed E-state index contributed by atoms with van der Waals surface area (Å²) in [6.45, 7) is 13.3. The lowest BCUT2D eigenvalue weighted by atomic mass is 9.86. The van der Waals surface area contributed by atoms with E-state index in [9.17, 15) is 5.11 Å². The summed E-state index contributed by atoms with van der Waals surface area (Å²) >= 11 is 0. The average Bonchev–Trinajstić information content (AvgIpc) is 3.21. The second kappa shape index (κ2) is 9.47. The van der Waals surface area contributed by atoms with Gasteiger partial charge in [0.05, 0.1) is 0 Å². The summed E-state index contributed by atoms with van der Waals surface area (Å²) in [7, 11) is 0. The van der Waals surface area contributed by atoms with Crippen molar-refractivity contribution in [3.8, 4) is 17.2 Å². The largest absolute Gasteiger partial charge is 0.490 e. The fraction of sp³-hybridized carbons (Fsp3) is 0.520. The lowest BCUT2D eigenvalue weighted by Crippen LogP contribution is -3.28. The van der Waals surface area contributed by atoms with Crippen molar-refractivity contribution >= 4 is 0 Å². The van der Waals surface area contributed by atoms with Crippen LogP contribution in [0.25, 0.3) is 0 Å². The normalized spacial score (nSPS) is 21.7. The molecular formula is C25H36N2O4+2. The molecule has 2 aliphatic heterocycles. The van der Waals surface area contributed by atoms with Gasteiger partial charge in [0.1, 0.15) is 57.7 Å². The number of hydrogen-bond donors (Lipinski definition) is 3. The molecule has 6 nitrogen and oxygen atoms in total. The van der Waals surface area contributed by atoms with Crippen molar-refractivity contribution in [2.75, 3.05) is 46.1 Å². The topological polar surface area (TPSA) is 56.8 Å². The highest BCUT2D eigenvalue weighted by Gasteiger charge is 2.26. The molecule has 0 saturated carbocycles. The third kappa shape index (κ3) is 5.70. The van der Waals surface area contributed by atoms with Crippen LogP contribution in [0.3, 0.4) is 0 Å². The predicted octanol–water partition coefficient (Wildman–Crippen LogP) is 0.436. The van der Waals surface area contributed by atoms with Crippen molar-refractivity contribution in [2.24, 2.45) is 0 Å². The molecule has 0 aliphatic carbocycles. The molecule has 31 heavy (non-hydrogen) atoms. The van der Waals surface area contributed by atoms with E-state index in [1.54, 1.807) is 4.90 Å². The third-order valence-corrected chi connectivity index (χ3v) is 6.21. The Balaban J connectivity index is 1.21. The quantitative estimate of drug-likeness (QED) is 0.599. The number of hydrogen-bond acceptors (Lipinski definition) is 4. The van der Waals surface area contributed by atoms with Crippen molar-refractivity contribution < 1.29 is 29.1 Å². The summed E-state index contributed by atoms with van der Waals surface area (Å²) in [4.78, 5) is 3.03. The summed E-state index contributed by atoms with van der Waals surface area (Å²) in [6, 6.07) is 14.4. The number of piperazine rings is 1. The number of fused-ring (bicyclic) bond motifs is 1. The molecule has 1 fully saturated rings. The average molecular weight is 429 g/mol. The van der Waals surface area contributed by atoms with Crippen LogP contribution < -0.4 is 24.0 Å². The summed E-state index contributed by atoms with van der Waals surface area (Å²) in [5.41, 5.74) is 2.48. The lowest BCUT2D eigenvalue weighted by molar-refractivity contribution is -1.02. The van der Waals surface area contributed by atoms with Gasteiger partial charge in [-0.3, -0.25) is 0 Å². The molecule has 1 atom stereocenters. The molecule has 0 bridgehead atoms. The van der Waals surface area contributed by atoms with Crippen LogP contribution in [0.5, 0.6) is 17.2 Å². The van der Waals surface area contributed by atoms with Crippen LogP contribution in [0.4, 0.5) is 0 Å². The zero-order valence-corrected chi connectivity index (χ0v) is 18.9. The molecule has 3 N–H and O–H groups in total. The number of aliphatic hydroxyl groups is 1. The maximum absolute atomic E-state index is 10.6. The van der Waals surface area contributed by atoms with Gasteiger partial charge in [-0.1, -0.05) is 39.0 Å². The lowest BCUT2D eigenvalue weighted by Gasteiger charge is -2.31. The molecule has 2 aromatic rings. The first-order valence-corrected chi connectivity index (χ1v) is 11.3. The van der Waals surface area contributed by atoms with Crippen molar-refractivity contribution in [2.45, 2.75) is 38.8 Å². The summed E-state index contributed by atoms with van der Waals surface area (Å²) in [5, 5.41) is 10.6. The van der Waals surface area contributed by atoms with Gasteiger partial charge in [0.2, 0.25) is 6.79 Å². The fourth-order valence-corrected chi connectivity index (χ4v) is 4.47. The summed E-state index contributed by atoms with van der Waals surface area (Å²) < 4.78 is 16.9. The SMILES string of the molecule is CC(C)(C)c1ccccc1OC[C@H](O)C[NH+]1CC[NH+](Cc2ccc3c(c2)OCO3)CC1. The minimum absolute atomic E-state index is 0.0177. The number of nitrogens with one attached hydrogen (secondary N) is 2. The van der Waals surface area contributed by atoms with Crippen molar-refractivity contribution in [3.05, 3.63) is 53.6 Å². The van der Waals surface area contributed by atoms with Gasteiger partial charge >= 0.3 is 0 Å². The highest BCUT2D eigenvalue weighted by molar-refractivity contribution is 5.44. The Kier molecular flexibility index (Phi) is 6.70. The van der Waals surface area contributed by atoms with E-state index in [1.807, 2.05) is 24.3 Å². The second-order valence-corrected chi connectivity index (χ2v) is 9.78. The van der Waals surface area contributed by atoms with E-state index in [4.69, 9.17) is 14.2 Å². The Morgan fingerprint density at radius 3 is 2.45 bits per heavy atom. The maximum atomic E-state index is 10.6. The molecule has 0 amide bonds. The Morgan fingerprint density at radius 1 is 0.968 bits per heavy atom. The molecule has 2 heterocycles. The Bertz CT molecular complexity index is 872. The van der Waals surface area contributed by atoms with E-state index in [-0.39, 0.29) is 5.41 Å². The number of para-hydroxylation sites is 1. The van der Waals surface area contributed by atoms with Crippen molar-refractivity contribution in [3.63, 3.8) is 0 Å². The highest BCUT2D eigenvalue weighted by Crippen LogP contribution is 2.32. The van der Waals surface area contributed by atoms with E-state index in [2.05, 4.69) is 39.0 Å². The predicted molar refractivity (Wildman–Crippen MR) is 119 cm³/mol. The number of quaternary nitrogens is 2. The van der Waals surface area contributed by atoms with Crippen LogP contribution in [0.2, 0.25) is 0 Å². The molecule has 1 saturated heterocycles. The van der Waals surface area contributed by atoms with Crippen LogP contribution >= 0.6 is 0 Å². The molecule has 0 radical (unpaired) electrons. The monoisotopic (exact) mass is 428 g/mol. The molecule has 2 aliphatic rings. The van der Waals surface area contributed by atoms with Crippen LogP contribution in [-0.2, 0) is 12.0 Å². The highest BCUT2D eigenvalue weighted by atomic mass is 16.7. The minimum Gasteiger partial charge on any atom is -0.490 e. The number of aliphatic hydroxyl groups excluding tert-OH is 1. The first kappa shape index (κ1) is 21.9. The zero-order chi connectivity index (χ0) is 21.8. The van der Waals surface area contributed by atoms with Gasteiger partial charge in [-0.2, -0.15) is 0 Å². The number of rotatable bonds is 7. The summed E-state index contributed by atoms with van der Waals surface area (Å²) in [6.07, 6.45) is -0.460. The van der Waals surface area contributed by atoms with E-state index in [0.29, 0.717) is 13.4 Å². The third-order valence-electron chi connectivity index (χ3n) is 6.21. The maximum Gasteiger partial charge on any atom is 0.231 e. The minimum atomic E-state index is -0.460. The Morgan fingerprint density at radius 2 is 1.68 bits per heavy atom. The molecule has 0 aromatic heterocycles. The first-order valence-electron chi connectivity index (χ1n) is 11.3. The van der Waals surface area contributed by atoms with E-state index in [1.165, 1.54) is 16.0 Å². The van der Waals surface area contributed by atoms with Crippen molar-refractivity contribution in [1.82, 2.24) is 0 Å². The number of benzene rings is 2. The van der Waals surface area contributed by atoms with Gasteiger partial charge in [-0.25, -0.2) is 0 Å². The van der Waals surface area contributed by atoms with Gasteiger partial charge in [0.15, 0.2) is 11.5 Å². The molecular weight excluding hydrogens is 392 g/mol. The van der Waals surface area contributed by atoms with Gasteiger partial charge in [0, 0.05) is 5.56 Å². The van der Waals surface area contributed by atoms with E-state index >= 15 is 0 Å². The molecule has 6 heteroatoms. The van der Waals surface area contributed by atoms with Gasteiger partial charge < -0.3 is 29.1 Å². The molecule has 2 aromatic carbocycles. The van der Waals surface area contributed by atoms with Crippen molar-refractivity contribution in [1.29, 1.82) is 0 Å². The van der Waals surface area contributed by atoms with E-state index < -0.39 is 6.10 Å². The fourth-order valence-electron chi connectivity index (χ4n) is 4.47. The molecule has 0 spiro atoms. The first-order chi connectivity index (χ1) is 14.9. The zero-order valence-electron chi connectivity index (χ0n) is 18.9. The number of ether oxygens (including phenoxy) is 3. The molecule has 0 unspecified atom stereocenters. The Hall–Kier alpha value is -2.28. The second-order valence-electron chi connectivity index (χ2n) is 9.78. The van der Waals surface area contributed by atoms with Gasteiger partial charge in [-0.15, -0.1) is 0 Å². The summed E-state index contributed by atoms with van der Waals surface area (Å²) in [5.74, 6) is 2.58. The van der Waals surface area contributed by atoms with Crippen LogP contribution in [0.15, 0.2) is 42.5 Å². The smallest absolute Gasteiger partial charge is 0.231 e. The van der Waals surface area contributed by atoms with E-state index in [0.717, 1.165) is 56.5 Å². The molecule has 4 rings (SSSR count). The van der Waals surface area contributed by atoms with Crippen LogP contribution in [0, 0.1) is 0 Å². The van der Waals surface area contributed by atoms with Gasteiger partial charge in [0.25, 0.3) is 0 Å².